The quantitative estimate of drug-likeness (QED) is 0.364. The van der Waals surface area contributed by atoms with Gasteiger partial charge in [0.25, 0.3) is 5.69 Å². The second kappa shape index (κ2) is 5.96. The third kappa shape index (κ3) is 4.78. The number of rotatable bonds is 3. The molecule has 0 unspecified atom stereocenters. The molecule has 0 saturated carbocycles. The number of hydrogen-bond acceptors (Lipinski definition) is 3. The predicted octanol–water partition coefficient (Wildman–Crippen LogP) is -1.85. The molecule has 0 atom stereocenters. The molecule has 0 N–H and O–H groups in total. The monoisotopic (exact) mass is 260 g/mol. The molecule has 1 aromatic rings. The first-order chi connectivity index (χ1) is 6.79. The second-order valence-electron chi connectivity index (χ2n) is 2.85. The van der Waals surface area contributed by atoms with Gasteiger partial charge >= 0.3 is 58.4 Å². The van der Waals surface area contributed by atoms with Gasteiger partial charge in [-0.05, 0) is 6.44 Å². The van der Waals surface area contributed by atoms with Gasteiger partial charge in [-0.25, -0.2) is 0 Å². The molecule has 0 aliphatic rings. The van der Waals surface area contributed by atoms with Crippen molar-refractivity contribution in [3.63, 3.8) is 0 Å². The maximum absolute atomic E-state index is 12.0. The molecule has 1 heterocycles. The molecular weight excluding hydrogens is 255 g/mol. The van der Waals surface area contributed by atoms with E-state index in [9.17, 15) is 27.9 Å². The van der Waals surface area contributed by atoms with Crippen LogP contribution in [0.5, 0.6) is 0 Å². The van der Waals surface area contributed by atoms with Gasteiger partial charge in [-0.2, -0.15) is 0 Å². The van der Waals surface area contributed by atoms with Crippen LogP contribution in [-0.2, 0) is 6.44 Å². The molecule has 1 rings (SSSR count). The van der Waals surface area contributed by atoms with E-state index in [1.807, 2.05) is 0 Å². The summed E-state index contributed by atoms with van der Waals surface area (Å²) < 4.78 is 36.2. The van der Waals surface area contributed by atoms with E-state index in [4.69, 9.17) is 0 Å². The van der Waals surface area contributed by atoms with Gasteiger partial charge in [0, 0.05) is 12.1 Å². The van der Waals surface area contributed by atoms with Crippen LogP contribution in [0.1, 0.15) is 0 Å². The van der Waals surface area contributed by atoms with E-state index in [-0.39, 0.29) is 56.0 Å². The molecule has 16 heavy (non-hydrogen) atoms. The van der Waals surface area contributed by atoms with Crippen molar-refractivity contribution in [3.05, 3.63) is 38.8 Å². The average molecular weight is 260 g/mol. The predicted molar refractivity (Wildman–Crippen MR) is 46.4 cm³/mol. The van der Waals surface area contributed by atoms with E-state index in [0.29, 0.717) is 6.20 Å². The van der Waals surface area contributed by atoms with Gasteiger partial charge < -0.3 is 17.5 Å². The smallest absolute Gasteiger partial charge is 0.448 e. The zero-order chi connectivity index (χ0) is 11.6. The summed E-state index contributed by atoms with van der Waals surface area (Å²) in [5.41, 5.74) is -1.46. The van der Waals surface area contributed by atoms with E-state index in [1.165, 1.54) is 0 Å². The Hall–Kier alpha value is -0.159. The van der Waals surface area contributed by atoms with Crippen LogP contribution >= 0.6 is 0 Å². The Morgan fingerprint density at radius 2 is 1.94 bits per heavy atom. The maximum Gasteiger partial charge on any atom is 1.00 e. The zero-order valence-electron chi connectivity index (χ0n) is 8.27. The molecule has 0 radical (unpaired) electrons. The Balaban J connectivity index is 0.00000225. The van der Waals surface area contributed by atoms with Crippen LogP contribution in [0.3, 0.4) is 0 Å². The van der Waals surface area contributed by atoms with Crippen molar-refractivity contribution in [1.82, 2.24) is 4.57 Å². The molecule has 10 heteroatoms. The minimum Gasteiger partial charge on any atom is -0.448 e. The number of hydrogen-bond donors (Lipinski definition) is 0. The molecule has 0 aliphatic heterocycles. The summed E-state index contributed by atoms with van der Waals surface area (Å²) in [6, 6.07) is 1.60. The third-order valence-electron chi connectivity index (χ3n) is 1.58. The van der Waals surface area contributed by atoms with Gasteiger partial charge in [0.15, 0.2) is 0 Å². The van der Waals surface area contributed by atoms with Crippen molar-refractivity contribution in [2.24, 2.45) is 0 Å². The number of halogens is 3. The van der Waals surface area contributed by atoms with Gasteiger partial charge in [0.1, 0.15) is 0 Å². The van der Waals surface area contributed by atoms with E-state index in [1.54, 1.807) is 0 Å². The summed E-state index contributed by atoms with van der Waals surface area (Å²) in [7, 11) is 0. The van der Waals surface area contributed by atoms with Crippen molar-refractivity contribution in [2.45, 2.75) is 6.44 Å². The first-order valence-electron chi connectivity index (χ1n) is 3.85. The van der Waals surface area contributed by atoms with E-state index < -0.39 is 29.6 Å². The zero-order valence-corrected chi connectivity index (χ0v) is 11.4. The third-order valence-corrected chi connectivity index (χ3v) is 1.58. The maximum atomic E-state index is 12.0. The van der Waals surface area contributed by atoms with Gasteiger partial charge in [0.05, 0.1) is 11.1 Å². The van der Waals surface area contributed by atoms with Crippen LogP contribution in [0.4, 0.5) is 18.6 Å². The fourth-order valence-electron chi connectivity index (χ4n) is 0.992. The summed E-state index contributed by atoms with van der Waals surface area (Å²) >= 11 is 0. The summed E-state index contributed by atoms with van der Waals surface area (Å²) in [5.74, 6) is 0. The molecule has 82 valence electrons. The first-order valence-corrected chi connectivity index (χ1v) is 3.85. The summed E-state index contributed by atoms with van der Waals surface area (Å²) in [6.07, 6.45) is -0.891. The average Bonchev–Trinajstić information content (AvgIpc) is 2.06. The van der Waals surface area contributed by atoms with Gasteiger partial charge in [-0.1, -0.05) is 0 Å². The number of aromatic nitrogens is 1. The van der Waals surface area contributed by atoms with Crippen molar-refractivity contribution in [2.75, 3.05) is 0 Å². The summed E-state index contributed by atoms with van der Waals surface area (Å²) in [4.78, 5) is 20.3. The van der Waals surface area contributed by atoms with Crippen molar-refractivity contribution in [3.8, 4) is 0 Å². The topological polar surface area (TPSA) is 65.1 Å². The Labute approximate surface area is 130 Å². The van der Waals surface area contributed by atoms with E-state index >= 15 is 0 Å². The molecular formula is C6H5BF3KN2O3. The molecule has 0 amide bonds. The molecule has 1 aromatic heterocycles. The standard InChI is InChI=1S/C6H5BF3N2O3.K/c8-7(9,10)4-11-3-5(12(14)15)1-2-6(11)13;/h1-3H,4H2;/q-1;+1. The van der Waals surface area contributed by atoms with E-state index in [0.717, 1.165) is 12.1 Å². The van der Waals surface area contributed by atoms with Crippen LogP contribution in [0.2, 0.25) is 0 Å². The van der Waals surface area contributed by atoms with Crippen molar-refractivity contribution in [1.29, 1.82) is 0 Å². The SMILES string of the molecule is O=c1ccc([N+](=O)[O-])cn1C[B-](F)(F)F.[K+]. The Bertz CT molecular complexity index is 447. The van der Waals surface area contributed by atoms with Gasteiger partial charge in [-0.15, -0.1) is 0 Å². The number of nitro groups is 1. The normalized spacial score (nSPS) is 10.7. The minimum atomic E-state index is -5.20. The first kappa shape index (κ1) is 15.8. The largest absolute Gasteiger partial charge is 1.00 e. The van der Waals surface area contributed by atoms with Crippen LogP contribution in [-0.4, -0.2) is 16.5 Å². The number of nitrogens with zero attached hydrogens (tertiary/aromatic N) is 2. The molecule has 0 aromatic carbocycles. The Kier molecular flexibility index (Phi) is 5.90. The molecule has 5 nitrogen and oxygen atoms in total. The Morgan fingerprint density at radius 1 is 1.38 bits per heavy atom. The fourth-order valence-corrected chi connectivity index (χ4v) is 0.992. The van der Waals surface area contributed by atoms with Gasteiger partial charge in [0.2, 0.25) is 5.56 Å². The molecule has 0 spiro atoms. The van der Waals surface area contributed by atoms with Crippen LogP contribution in [0, 0.1) is 10.1 Å². The second-order valence-corrected chi connectivity index (χ2v) is 2.85. The summed E-state index contributed by atoms with van der Waals surface area (Å²) in [6.45, 7) is -5.20. The molecule has 0 bridgehead atoms. The summed E-state index contributed by atoms with van der Waals surface area (Å²) in [5, 5.41) is 10.2. The minimum absolute atomic E-state index is 0. The molecule has 0 aliphatic carbocycles. The molecule has 0 fully saturated rings. The Morgan fingerprint density at radius 3 is 2.38 bits per heavy atom. The molecule has 0 saturated heterocycles. The fraction of sp³-hybridized carbons (Fsp3) is 0.167. The van der Waals surface area contributed by atoms with Crippen molar-refractivity contribution < 1.29 is 69.3 Å². The van der Waals surface area contributed by atoms with Crippen LogP contribution < -0.4 is 56.9 Å². The van der Waals surface area contributed by atoms with E-state index in [2.05, 4.69) is 0 Å². The van der Waals surface area contributed by atoms with Gasteiger partial charge in [-0.3, -0.25) is 14.9 Å². The number of pyridine rings is 1. The van der Waals surface area contributed by atoms with Crippen molar-refractivity contribution >= 4 is 12.7 Å². The van der Waals surface area contributed by atoms with Crippen LogP contribution in [0.25, 0.3) is 0 Å². The van der Waals surface area contributed by atoms with Crippen LogP contribution in [0.15, 0.2) is 23.1 Å².